The molecule has 0 aromatic heterocycles. The molecule has 3 atom stereocenters. The molecule has 1 heterocycles. The molecule has 0 N–H and O–H groups in total. The van der Waals surface area contributed by atoms with E-state index in [1.54, 1.807) is 7.11 Å². The van der Waals surface area contributed by atoms with Crippen LogP contribution in [0.3, 0.4) is 0 Å². The summed E-state index contributed by atoms with van der Waals surface area (Å²) in [6, 6.07) is 2.30. The molecule has 0 aromatic rings. The smallest absolute Gasteiger partial charge is 0.146 e. The van der Waals surface area contributed by atoms with E-state index in [2.05, 4.69) is 13.0 Å². The van der Waals surface area contributed by atoms with Crippen LogP contribution < -0.4 is 0 Å². The van der Waals surface area contributed by atoms with Crippen LogP contribution in [0.5, 0.6) is 0 Å². The average Bonchev–Trinajstić information content (AvgIpc) is 2.94. The Morgan fingerprint density at radius 3 is 2.73 bits per heavy atom. The Kier molecular flexibility index (Phi) is 5.62. The summed E-state index contributed by atoms with van der Waals surface area (Å²) in [4.78, 5) is 0. The van der Waals surface area contributed by atoms with Crippen LogP contribution in [0.1, 0.15) is 26.2 Å². The lowest BCUT2D eigenvalue weighted by molar-refractivity contribution is -0.0333. The van der Waals surface area contributed by atoms with Gasteiger partial charge >= 0.3 is 0 Å². The van der Waals surface area contributed by atoms with Crippen molar-refractivity contribution in [3.63, 3.8) is 0 Å². The first kappa shape index (κ1) is 12.4. The molecule has 0 radical (unpaired) electrons. The molecule has 86 valence electrons. The van der Waals surface area contributed by atoms with Crippen LogP contribution in [0.25, 0.3) is 0 Å². The number of nitrogens with zero attached hydrogens (tertiary/aromatic N) is 1. The highest BCUT2D eigenvalue weighted by Crippen LogP contribution is 2.27. The van der Waals surface area contributed by atoms with Crippen molar-refractivity contribution in [1.29, 1.82) is 5.26 Å². The maximum absolute atomic E-state index is 8.90. The number of methoxy groups -OCH3 is 1. The summed E-state index contributed by atoms with van der Waals surface area (Å²) in [5.74, 6) is 0.0817. The monoisotopic (exact) mass is 213 g/mol. The highest BCUT2D eigenvalue weighted by molar-refractivity contribution is 4.87. The summed E-state index contributed by atoms with van der Waals surface area (Å²) >= 11 is 0. The molecule has 0 amide bonds. The molecule has 1 fully saturated rings. The Bertz CT molecular complexity index is 214. The number of rotatable bonds is 8. The second-order valence-corrected chi connectivity index (χ2v) is 3.89. The van der Waals surface area contributed by atoms with E-state index < -0.39 is 0 Å². The predicted molar refractivity (Wildman–Crippen MR) is 55.1 cm³/mol. The number of hydrogen-bond donors (Lipinski definition) is 0. The first-order chi connectivity index (χ1) is 7.27. The van der Waals surface area contributed by atoms with Crippen molar-refractivity contribution in [3.05, 3.63) is 0 Å². The fourth-order valence-electron chi connectivity index (χ4n) is 1.54. The quantitative estimate of drug-likeness (QED) is 0.350. The Hall–Kier alpha value is -0.630. The van der Waals surface area contributed by atoms with Crippen LogP contribution in [-0.4, -0.2) is 32.7 Å². The van der Waals surface area contributed by atoms with Gasteiger partial charge < -0.3 is 14.2 Å². The SMILES string of the molecule is COCOCC[C@@H](C#N)CC[C@@H]1O[C@H]1C. The van der Waals surface area contributed by atoms with E-state index in [1.807, 2.05) is 0 Å². The number of epoxide rings is 1. The molecule has 0 unspecified atom stereocenters. The lowest BCUT2D eigenvalue weighted by Gasteiger charge is -2.07. The van der Waals surface area contributed by atoms with Crippen LogP contribution >= 0.6 is 0 Å². The summed E-state index contributed by atoms with van der Waals surface area (Å²) < 4.78 is 15.2. The van der Waals surface area contributed by atoms with Gasteiger partial charge in [-0.1, -0.05) is 0 Å². The van der Waals surface area contributed by atoms with Crippen molar-refractivity contribution in [2.45, 2.75) is 38.4 Å². The van der Waals surface area contributed by atoms with Crippen LogP contribution in [0.15, 0.2) is 0 Å². The van der Waals surface area contributed by atoms with E-state index in [0.29, 0.717) is 25.6 Å². The van der Waals surface area contributed by atoms with E-state index in [-0.39, 0.29) is 5.92 Å². The third kappa shape index (κ3) is 5.12. The van der Waals surface area contributed by atoms with Crippen molar-refractivity contribution in [2.24, 2.45) is 5.92 Å². The third-order valence-corrected chi connectivity index (χ3v) is 2.63. The zero-order valence-electron chi connectivity index (χ0n) is 9.44. The summed E-state index contributed by atoms with van der Waals surface area (Å²) in [5, 5.41) is 8.90. The zero-order valence-corrected chi connectivity index (χ0v) is 9.44. The molecule has 0 spiro atoms. The van der Waals surface area contributed by atoms with Crippen LogP contribution in [0.2, 0.25) is 0 Å². The van der Waals surface area contributed by atoms with Crippen LogP contribution in [0.4, 0.5) is 0 Å². The Morgan fingerprint density at radius 2 is 2.20 bits per heavy atom. The molecular formula is C11H19NO3. The van der Waals surface area contributed by atoms with E-state index in [4.69, 9.17) is 19.5 Å². The summed E-state index contributed by atoms with van der Waals surface area (Å²) in [6.07, 6.45) is 3.46. The first-order valence-electron chi connectivity index (χ1n) is 5.39. The zero-order chi connectivity index (χ0) is 11.1. The molecule has 15 heavy (non-hydrogen) atoms. The molecule has 1 aliphatic heterocycles. The number of nitriles is 1. The predicted octanol–water partition coefficient (Wildman–Crippen LogP) is 1.70. The Morgan fingerprint density at radius 1 is 1.47 bits per heavy atom. The maximum atomic E-state index is 8.90. The third-order valence-electron chi connectivity index (χ3n) is 2.63. The molecule has 1 aliphatic rings. The van der Waals surface area contributed by atoms with Gasteiger partial charge in [0.1, 0.15) is 6.79 Å². The lowest BCUT2D eigenvalue weighted by atomic mass is 10.00. The van der Waals surface area contributed by atoms with Crippen molar-refractivity contribution >= 4 is 0 Å². The number of ether oxygens (including phenoxy) is 3. The van der Waals surface area contributed by atoms with Gasteiger partial charge in [0.15, 0.2) is 0 Å². The van der Waals surface area contributed by atoms with Gasteiger partial charge in [-0.05, 0) is 26.2 Å². The fourth-order valence-corrected chi connectivity index (χ4v) is 1.54. The summed E-state index contributed by atoms with van der Waals surface area (Å²) in [7, 11) is 1.59. The summed E-state index contributed by atoms with van der Waals surface area (Å²) in [6.45, 7) is 2.96. The first-order valence-corrected chi connectivity index (χ1v) is 5.39. The maximum Gasteiger partial charge on any atom is 0.146 e. The minimum Gasteiger partial charge on any atom is -0.370 e. The normalized spacial score (nSPS) is 25.9. The van der Waals surface area contributed by atoms with Gasteiger partial charge in [-0.15, -0.1) is 0 Å². The highest BCUT2D eigenvalue weighted by Gasteiger charge is 2.33. The molecule has 0 saturated carbocycles. The second kappa shape index (κ2) is 6.78. The van der Waals surface area contributed by atoms with Crippen LogP contribution in [-0.2, 0) is 14.2 Å². The van der Waals surface area contributed by atoms with Crippen molar-refractivity contribution < 1.29 is 14.2 Å². The molecule has 1 saturated heterocycles. The van der Waals surface area contributed by atoms with Crippen LogP contribution in [0, 0.1) is 17.2 Å². The van der Waals surface area contributed by atoms with E-state index in [9.17, 15) is 0 Å². The van der Waals surface area contributed by atoms with Gasteiger partial charge in [0.2, 0.25) is 0 Å². The Balaban J connectivity index is 2.00. The van der Waals surface area contributed by atoms with Gasteiger partial charge in [0.05, 0.1) is 24.9 Å². The van der Waals surface area contributed by atoms with Gasteiger partial charge in [-0.2, -0.15) is 5.26 Å². The molecule has 0 aromatic carbocycles. The van der Waals surface area contributed by atoms with Gasteiger partial charge in [0, 0.05) is 13.0 Å². The number of hydrogen-bond acceptors (Lipinski definition) is 4. The molecule has 4 nitrogen and oxygen atoms in total. The van der Waals surface area contributed by atoms with Gasteiger partial charge in [0.25, 0.3) is 0 Å². The van der Waals surface area contributed by atoms with Crippen molar-refractivity contribution in [3.8, 4) is 6.07 Å². The minimum atomic E-state index is 0.0817. The van der Waals surface area contributed by atoms with Crippen molar-refractivity contribution in [2.75, 3.05) is 20.5 Å². The topological polar surface area (TPSA) is 54.8 Å². The van der Waals surface area contributed by atoms with E-state index >= 15 is 0 Å². The lowest BCUT2D eigenvalue weighted by Crippen LogP contribution is -2.06. The minimum absolute atomic E-state index is 0.0817. The van der Waals surface area contributed by atoms with E-state index in [1.165, 1.54) is 0 Å². The van der Waals surface area contributed by atoms with Crippen molar-refractivity contribution in [1.82, 2.24) is 0 Å². The van der Waals surface area contributed by atoms with Gasteiger partial charge in [-0.25, -0.2) is 0 Å². The molecule has 0 aliphatic carbocycles. The molecule has 1 rings (SSSR count). The average molecular weight is 213 g/mol. The Labute approximate surface area is 91.1 Å². The molecular weight excluding hydrogens is 194 g/mol. The molecule has 4 heteroatoms. The molecule has 0 bridgehead atoms. The van der Waals surface area contributed by atoms with E-state index in [0.717, 1.165) is 19.3 Å². The fraction of sp³-hybridized carbons (Fsp3) is 0.909. The van der Waals surface area contributed by atoms with Gasteiger partial charge in [-0.3, -0.25) is 0 Å². The second-order valence-electron chi connectivity index (χ2n) is 3.89. The summed E-state index contributed by atoms with van der Waals surface area (Å²) in [5.41, 5.74) is 0. The standard InChI is InChI=1S/C11H19NO3/c1-9-11(15-9)4-3-10(7-12)5-6-14-8-13-2/h9-11H,3-6,8H2,1-2H3/t9-,10-,11-/m0/s1. The highest BCUT2D eigenvalue weighted by atomic mass is 16.7. The largest absolute Gasteiger partial charge is 0.370 e.